The normalized spacial score (nSPS) is 10.2. The predicted octanol–water partition coefficient (Wildman–Crippen LogP) is 0.979. The van der Waals surface area contributed by atoms with Gasteiger partial charge in [0.25, 0.3) is 0 Å². The van der Waals surface area contributed by atoms with Crippen LogP contribution in [0, 0.1) is 0 Å². The van der Waals surface area contributed by atoms with Crippen molar-refractivity contribution in [3.63, 3.8) is 0 Å². The summed E-state index contributed by atoms with van der Waals surface area (Å²) in [7, 11) is 0. The summed E-state index contributed by atoms with van der Waals surface area (Å²) in [4.78, 5) is 0. The third kappa shape index (κ3) is 1.57. The van der Waals surface area contributed by atoms with E-state index in [1.165, 1.54) is 0 Å². The van der Waals surface area contributed by atoms with Gasteiger partial charge < -0.3 is 5.84 Å². The summed E-state index contributed by atoms with van der Waals surface area (Å²) in [6.07, 6.45) is 1.61. The predicted molar refractivity (Wildman–Crippen MR) is 38.2 cm³/mol. The monoisotopic (exact) mass is 120 g/mol. The first-order valence-electron chi connectivity index (χ1n) is 2.72. The highest BCUT2D eigenvalue weighted by molar-refractivity contribution is 5.78. The van der Waals surface area contributed by atoms with Crippen LogP contribution in [0.15, 0.2) is 35.4 Å². The second-order valence-corrected chi connectivity index (χ2v) is 1.69. The largest absolute Gasteiger partial charge is 0.323 e. The Labute approximate surface area is 54.0 Å². The SMILES string of the molecule is N/N=C/c1ccccc1. The van der Waals surface area contributed by atoms with E-state index >= 15 is 0 Å². The van der Waals surface area contributed by atoms with Gasteiger partial charge in [0, 0.05) is 0 Å². The average molecular weight is 120 g/mol. The molecule has 1 aromatic carbocycles. The topological polar surface area (TPSA) is 38.4 Å². The third-order valence-corrected chi connectivity index (χ3v) is 1.02. The molecule has 0 aliphatic heterocycles. The van der Waals surface area contributed by atoms with Crippen LogP contribution in [0.1, 0.15) is 5.56 Å². The quantitative estimate of drug-likeness (QED) is 0.335. The Balaban J connectivity index is 2.85. The molecule has 0 saturated heterocycles. The summed E-state index contributed by atoms with van der Waals surface area (Å²) in [6, 6.07) is 9.72. The molecule has 0 aliphatic carbocycles. The minimum atomic E-state index is 1.03. The summed E-state index contributed by atoms with van der Waals surface area (Å²) < 4.78 is 0. The molecule has 0 heterocycles. The van der Waals surface area contributed by atoms with E-state index in [0.29, 0.717) is 0 Å². The third-order valence-electron chi connectivity index (χ3n) is 1.02. The molecule has 0 atom stereocenters. The highest BCUT2D eigenvalue weighted by Crippen LogP contribution is 1.92. The van der Waals surface area contributed by atoms with E-state index in [1.807, 2.05) is 30.3 Å². The van der Waals surface area contributed by atoms with Crippen molar-refractivity contribution >= 4 is 6.21 Å². The molecule has 1 aromatic rings. The molecule has 0 fully saturated rings. The summed E-state index contributed by atoms with van der Waals surface area (Å²) in [5, 5.41) is 3.38. The van der Waals surface area contributed by atoms with Gasteiger partial charge in [-0.05, 0) is 5.56 Å². The molecule has 0 aliphatic rings. The molecule has 0 amide bonds. The van der Waals surface area contributed by atoms with Crippen molar-refractivity contribution in [1.29, 1.82) is 0 Å². The van der Waals surface area contributed by atoms with E-state index in [9.17, 15) is 0 Å². The van der Waals surface area contributed by atoms with Gasteiger partial charge in [-0.1, -0.05) is 30.3 Å². The van der Waals surface area contributed by atoms with E-state index in [-0.39, 0.29) is 0 Å². The molecule has 0 unspecified atom stereocenters. The van der Waals surface area contributed by atoms with Crippen molar-refractivity contribution in [2.24, 2.45) is 10.9 Å². The Kier molecular flexibility index (Phi) is 1.85. The molecule has 1 rings (SSSR count). The number of rotatable bonds is 1. The van der Waals surface area contributed by atoms with Crippen molar-refractivity contribution in [2.45, 2.75) is 0 Å². The van der Waals surface area contributed by atoms with Gasteiger partial charge in [0.1, 0.15) is 0 Å². The van der Waals surface area contributed by atoms with Crippen LogP contribution in [0.5, 0.6) is 0 Å². The minimum Gasteiger partial charge on any atom is -0.323 e. The number of nitrogens with zero attached hydrogens (tertiary/aromatic N) is 1. The second kappa shape index (κ2) is 2.87. The maximum absolute atomic E-state index is 4.93. The van der Waals surface area contributed by atoms with Crippen molar-refractivity contribution < 1.29 is 0 Å². The van der Waals surface area contributed by atoms with Gasteiger partial charge in [-0.3, -0.25) is 0 Å². The van der Waals surface area contributed by atoms with Crippen molar-refractivity contribution in [1.82, 2.24) is 0 Å². The van der Waals surface area contributed by atoms with E-state index in [1.54, 1.807) is 6.21 Å². The molecule has 9 heavy (non-hydrogen) atoms. The van der Waals surface area contributed by atoms with Crippen LogP contribution in [-0.4, -0.2) is 6.21 Å². The highest BCUT2D eigenvalue weighted by Gasteiger charge is 1.79. The number of nitrogens with two attached hydrogens (primary N) is 1. The van der Waals surface area contributed by atoms with Crippen molar-refractivity contribution in [3.05, 3.63) is 35.9 Å². The fourth-order valence-corrected chi connectivity index (χ4v) is 0.625. The van der Waals surface area contributed by atoms with Gasteiger partial charge in [-0.15, -0.1) is 0 Å². The molecule has 0 spiro atoms. The average Bonchev–Trinajstić information content (AvgIpc) is 1.91. The van der Waals surface area contributed by atoms with Crippen LogP contribution >= 0.6 is 0 Å². The molecule has 46 valence electrons. The molecular formula is C7H8N2. The lowest BCUT2D eigenvalue weighted by molar-refractivity contribution is 1.26. The smallest absolute Gasteiger partial charge is 0.0538 e. The lowest BCUT2D eigenvalue weighted by Gasteiger charge is -1.85. The van der Waals surface area contributed by atoms with Crippen LogP contribution in [0.2, 0.25) is 0 Å². The standard InChI is InChI=1S/C7H8N2/c8-9-6-7-4-2-1-3-5-7/h1-6H,8H2/b9-6+. The zero-order valence-electron chi connectivity index (χ0n) is 4.99. The van der Waals surface area contributed by atoms with Gasteiger partial charge in [-0.2, -0.15) is 5.10 Å². The number of hydrazone groups is 1. The Morgan fingerprint density at radius 2 is 1.89 bits per heavy atom. The Morgan fingerprint density at radius 1 is 1.22 bits per heavy atom. The molecule has 0 radical (unpaired) electrons. The van der Waals surface area contributed by atoms with Crippen LogP contribution < -0.4 is 5.84 Å². The number of benzene rings is 1. The van der Waals surface area contributed by atoms with Crippen molar-refractivity contribution in [3.8, 4) is 0 Å². The highest BCUT2D eigenvalue weighted by atomic mass is 15.1. The zero-order valence-corrected chi connectivity index (χ0v) is 4.99. The van der Waals surface area contributed by atoms with Crippen LogP contribution in [0.3, 0.4) is 0 Å². The molecule has 2 nitrogen and oxygen atoms in total. The first kappa shape index (κ1) is 5.82. The van der Waals surface area contributed by atoms with E-state index in [4.69, 9.17) is 5.84 Å². The van der Waals surface area contributed by atoms with Gasteiger partial charge in [-0.25, -0.2) is 0 Å². The van der Waals surface area contributed by atoms with Crippen LogP contribution in [0.4, 0.5) is 0 Å². The lowest BCUT2D eigenvalue weighted by Crippen LogP contribution is -1.83. The fraction of sp³-hybridized carbons (Fsp3) is 0. The Hall–Kier alpha value is -1.31. The molecule has 2 N–H and O–H groups in total. The first-order chi connectivity index (χ1) is 4.43. The van der Waals surface area contributed by atoms with Gasteiger partial charge in [0.05, 0.1) is 6.21 Å². The van der Waals surface area contributed by atoms with E-state index < -0.39 is 0 Å². The second-order valence-electron chi connectivity index (χ2n) is 1.69. The Bertz CT molecular complexity index is 191. The van der Waals surface area contributed by atoms with Gasteiger partial charge >= 0.3 is 0 Å². The minimum absolute atomic E-state index is 1.03. The lowest BCUT2D eigenvalue weighted by atomic mass is 10.2. The van der Waals surface area contributed by atoms with E-state index in [0.717, 1.165) is 5.56 Å². The molecule has 0 bridgehead atoms. The molecule has 2 heteroatoms. The van der Waals surface area contributed by atoms with Crippen LogP contribution in [-0.2, 0) is 0 Å². The maximum Gasteiger partial charge on any atom is 0.0538 e. The fourth-order valence-electron chi connectivity index (χ4n) is 0.625. The molecule has 0 aromatic heterocycles. The summed E-state index contributed by atoms with van der Waals surface area (Å²) in [5.74, 6) is 4.93. The van der Waals surface area contributed by atoms with Crippen LogP contribution in [0.25, 0.3) is 0 Å². The first-order valence-corrected chi connectivity index (χ1v) is 2.72. The van der Waals surface area contributed by atoms with Gasteiger partial charge in [0.15, 0.2) is 0 Å². The number of hydrogen-bond donors (Lipinski definition) is 1. The molecular weight excluding hydrogens is 112 g/mol. The molecule has 0 saturated carbocycles. The summed E-state index contributed by atoms with van der Waals surface area (Å²) >= 11 is 0. The van der Waals surface area contributed by atoms with Gasteiger partial charge in [0.2, 0.25) is 0 Å². The van der Waals surface area contributed by atoms with E-state index in [2.05, 4.69) is 5.10 Å². The summed E-state index contributed by atoms with van der Waals surface area (Å²) in [6.45, 7) is 0. The number of hydrogen-bond acceptors (Lipinski definition) is 2. The maximum atomic E-state index is 4.93. The summed E-state index contributed by atoms with van der Waals surface area (Å²) in [5.41, 5.74) is 1.03. The van der Waals surface area contributed by atoms with Crippen molar-refractivity contribution in [2.75, 3.05) is 0 Å². The Morgan fingerprint density at radius 3 is 2.44 bits per heavy atom. The zero-order chi connectivity index (χ0) is 6.53.